The lowest BCUT2D eigenvalue weighted by molar-refractivity contribution is -0.132. The highest BCUT2D eigenvalue weighted by Crippen LogP contribution is 2.31. The Kier molecular flexibility index (Phi) is 9.04. The number of rotatable bonds is 8. The zero-order valence-corrected chi connectivity index (χ0v) is 22.2. The molecule has 9 heteroatoms. The molecule has 0 aliphatic carbocycles. The van der Waals surface area contributed by atoms with E-state index in [0.717, 1.165) is 11.1 Å². The largest absolute Gasteiger partial charge is 0.341 e. The van der Waals surface area contributed by atoms with Crippen molar-refractivity contribution < 1.29 is 13.2 Å². The van der Waals surface area contributed by atoms with E-state index in [1.807, 2.05) is 37.3 Å². The van der Waals surface area contributed by atoms with Crippen LogP contribution in [0.25, 0.3) is 0 Å². The first-order valence-electron chi connectivity index (χ1n) is 11.4. The molecule has 3 atom stereocenters. The second-order valence-electron chi connectivity index (χ2n) is 9.27. The molecule has 0 spiro atoms. The summed E-state index contributed by atoms with van der Waals surface area (Å²) in [7, 11) is -1.32. The fourth-order valence-electron chi connectivity index (χ4n) is 4.45. The molecule has 34 heavy (non-hydrogen) atoms. The van der Waals surface area contributed by atoms with Crippen molar-refractivity contribution in [1.29, 1.82) is 0 Å². The summed E-state index contributed by atoms with van der Waals surface area (Å²) in [5, 5.41) is 0.435. The van der Waals surface area contributed by atoms with Gasteiger partial charge in [-0.3, -0.25) is 9.69 Å². The summed E-state index contributed by atoms with van der Waals surface area (Å²) in [5.41, 5.74) is 9.34. The summed E-state index contributed by atoms with van der Waals surface area (Å²) in [6.45, 7) is 3.69. The number of sulfone groups is 1. The Morgan fingerprint density at radius 2 is 1.85 bits per heavy atom. The number of hydrogen-bond donors (Lipinski definition) is 1. The van der Waals surface area contributed by atoms with Crippen molar-refractivity contribution in [2.45, 2.75) is 50.1 Å². The predicted molar refractivity (Wildman–Crippen MR) is 139 cm³/mol. The number of amides is 1. The van der Waals surface area contributed by atoms with Gasteiger partial charge in [-0.2, -0.15) is 0 Å². The van der Waals surface area contributed by atoms with Crippen LogP contribution in [0, 0.1) is 6.92 Å². The summed E-state index contributed by atoms with van der Waals surface area (Å²) < 4.78 is 23.9. The van der Waals surface area contributed by atoms with Gasteiger partial charge in [-0.1, -0.05) is 59.1 Å². The van der Waals surface area contributed by atoms with Gasteiger partial charge in [0.25, 0.3) is 0 Å². The summed E-state index contributed by atoms with van der Waals surface area (Å²) in [4.78, 5) is 17.4. The first-order valence-corrected chi connectivity index (χ1v) is 14.1. The number of carbonyl (C=O) groups is 1. The van der Waals surface area contributed by atoms with Crippen LogP contribution in [0.5, 0.6) is 0 Å². The summed E-state index contributed by atoms with van der Waals surface area (Å²) in [6, 6.07) is 13.4. The third kappa shape index (κ3) is 6.95. The highest BCUT2D eigenvalue weighted by Gasteiger charge is 2.33. The van der Waals surface area contributed by atoms with Gasteiger partial charge in [0.15, 0.2) is 0 Å². The number of nitrogens with zero attached hydrogens (tertiary/aromatic N) is 2. The zero-order chi connectivity index (χ0) is 25.0. The fraction of sp³-hybridized carbons (Fsp3) is 0.480. The van der Waals surface area contributed by atoms with E-state index in [2.05, 4.69) is 4.90 Å². The highest BCUT2D eigenvalue weighted by atomic mass is 35.5. The summed E-state index contributed by atoms with van der Waals surface area (Å²) in [5.74, 6) is -0.441. The first kappa shape index (κ1) is 27.0. The van der Waals surface area contributed by atoms with Crippen LogP contribution in [0.2, 0.25) is 10.0 Å². The van der Waals surface area contributed by atoms with E-state index in [1.54, 1.807) is 24.1 Å². The number of aryl methyl sites for hydroxylation is 1. The molecule has 1 fully saturated rings. The smallest absolute Gasteiger partial charge is 0.230 e. The minimum absolute atomic E-state index is 0.0152. The average Bonchev–Trinajstić information content (AvgIpc) is 2.77. The van der Waals surface area contributed by atoms with Crippen molar-refractivity contribution in [3.05, 3.63) is 69.2 Å². The number of nitrogens with two attached hydrogens (primary N) is 1. The van der Waals surface area contributed by atoms with Gasteiger partial charge in [0.2, 0.25) is 5.91 Å². The van der Waals surface area contributed by atoms with E-state index in [4.69, 9.17) is 28.9 Å². The number of hydrogen-bond acceptors (Lipinski definition) is 5. The second-order valence-corrected chi connectivity index (χ2v) is 12.4. The van der Waals surface area contributed by atoms with Crippen LogP contribution in [0.4, 0.5) is 0 Å². The summed E-state index contributed by atoms with van der Waals surface area (Å²) in [6.07, 6.45) is 2.39. The number of carbonyl (C=O) groups excluding carboxylic acids is 1. The van der Waals surface area contributed by atoms with Gasteiger partial charge in [0.1, 0.15) is 9.84 Å². The standard InChI is InChI=1S/C25H33Cl2N3O3S/c1-17-4-6-18(7-5-17)16-29(2)25(31)21(19-8-9-22(26)23(27)14-19)11-13-30-12-10-20(15-24(30)28)34(3,32)33/h4-9,14,20-21,24H,10-13,15-16,28H2,1-3H3. The van der Waals surface area contributed by atoms with Crippen LogP contribution in [0.1, 0.15) is 41.9 Å². The molecule has 3 rings (SSSR count). The molecule has 186 valence electrons. The third-order valence-electron chi connectivity index (χ3n) is 6.58. The van der Waals surface area contributed by atoms with E-state index in [-0.39, 0.29) is 12.1 Å². The number of likely N-dealkylation sites (N-methyl/N-ethyl adjacent to an activating group) is 1. The van der Waals surface area contributed by atoms with Crippen LogP contribution in [0.15, 0.2) is 42.5 Å². The van der Waals surface area contributed by atoms with E-state index in [0.29, 0.717) is 48.9 Å². The molecular weight excluding hydrogens is 493 g/mol. The lowest BCUT2D eigenvalue weighted by Crippen LogP contribution is -2.51. The van der Waals surface area contributed by atoms with E-state index < -0.39 is 21.0 Å². The highest BCUT2D eigenvalue weighted by molar-refractivity contribution is 7.91. The van der Waals surface area contributed by atoms with Crippen molar-refractivity contribution in [3.8, 4) is 0 Å². The molecule has 1 aliphatic rings. The molecule has 1 aliphatic heterocycles. The molecule has 0 saturated carbocycles. The van der Waals surface area contributed by atoms with Crippen LogP contribution in [0.3, 0.4) is 0 Å². The number of halogens is 2. The predicted octanol–water partition coefficient (Wildman–Crippen LogP) is 4.23. The van der Waals surface area contributed by atoms with Crippen molar-refractivity contribution in [2.24, 2.45) is 5.73 Å². The van der Waals surface area contributed by atoms with Crippen LogP contribution >= 0.6 is 23.2 Å². The third-order valence-corrected chi connectivity index (χ3v) is 8.96. The Balaban J connectivity index is 1.75. The average molecular weight is 527 g/mol. The van der Waals surface area contributed by atoms with Crippen molar-refractivity contribution in [1.82, 2.24) is 9.80 Å². The van der Waals surface area contributed by atoms with Gasteiger partial charge in [-0.05, 0) is 49.4 Å². The molecule has 1 amide bonds. The second kappa shape index (κ2) is 11.4. The molecular formula is C25H33Cl2N3O3S. The lowest BCUT2D eigenvalue weighted by Gasteiger charge is -2.37. The van der Waals surface area contributed by atoms with Crippen molar-refractivity contribution in [2.75, 3.05) is 26.4 Å². The minimum atomic E-state index is -3.12. The van der Waals surface area contributed by atoms with E-state index in [1.165, 1.54) is 11.8 Å². The molecule has 3 unspecified atom stereocenters. The lowest BCUT2D eigenvalue weighted by atomic mass is 9.93. The Labute approximate surface area is 212 Å². The van der Waals surface area contributed by atoms with Gasteiger partial charge in [0.05, 0.1) is 27.4 Å². The Morgan fingerprint density at radius 1 is 1.18 bits per heavy atom. The maximum absolute atomic E-state index is 13.6. The van der Waals surface area contributed by atoms with Gasteiger partial charge in [-0.15, -0.1) is 0 Å². The molecule has 2 N–H and O–H groups in total. The fourth-order valence-corrected chi connectivity index (χ4v) is 5.83. The minimum Gasteiger partial charge on any atom is -0.341 e. The van der Waals surface area contributed by atoms with E-state index in [9.17, 15) is 13.2 Å². The number of likely N-dealkylation sites (tertiary alicyclic amines) is 1. The van der Waals surface area contributed by atoms with Gasteiger partial charge < -0.3 is 10.6 Å². The number of piperidine rings is 1. The van der Waals surface area contributed by atoms with Gasteiger partial charge in [0, 0.05) is 32.9 Å². The quantitative estimate of drug-likeness (QED) is 0.557. The van der Waals surface area contributed by atoms with Crippen molar-refractivity contribution >= 4 is 38.9 Å². The Hall–Kier alpha value is -1.64. The normalized spacial score (nSPS) is 20.2. The zero-order valence-electron chi connectivity index (χ0n) is 19.9. The molecule has 2 aromatic carbocycles. The van der Waals surface area contributed by atoms with E-state index >= 15 is 0 Å². The molecule has 6 nitrogen and oxygen atoms in total. The Morgan fingerprint density at radius 3 is 2.44 bits per heavy atom. The van der Waals surface area contributed by atoms with Crippen LogP contribution < -0.4 is 5.73 Å². The maximum Gasteiger partial charge on any atom is 0.230 e. The van der Waals surface area contributed by atoms with Gasteiger partial charge >= 0.3 is 0 Å². The maximum atomic E-state index is 13.6. The molecule has 1 heterocycles. The molecule has 0 bridgehead atoms. The molecule has 2 aromatic rings. The molecule has 1 saturated heterocycles. The number of benzene rings is 2. The van der Waals surface area contributed by atoms with Crippen molar-refractivity contribution in [3.63, 3.8) is 0 Å². The monoisotopic (exact) mass is 525 g/mol. The molecule has 0 aromatic heterocycles. The first-order chi connectivity index (χ1) is 16.0. The van der Waals surface area contributed by atoms with Gasteiger partial charge in [-0.25, -0.2) is 8.42 Å². The Bertz CT molecular complexity index is 1110. The van der Waals surface area contributed by atoms with Crippen LogP contribution in [-0.4, -0.2) is 61.9 Å². The SMILES string of the molecule is Cc1ccc(CN(C)C(=O)C(CCN2CCC(S(C)(=O)=O)CC2N)c2ccc(Cl)c(Cl)c2)cc1. The topological polar surface area (TPSA) is 83.7 Å². The van der Waals surface area contributed by atoms with Crippen LogP contribution in [-0.2, 0) is 21.2 Å². The summed E-state index contributed by atoms with van der Waals surface area (Å²) >= 11 is 12.4. The molecule has 0 radical (unpaired) electrons.